The minimum Gasteiger partial charge on any atom is -0.458 e. The molecule has 3 rings (SSSR count). The zero-order valence-electron chi connectivity index (χ0n) is 11.6. The van der Waals surface area contributed by atoms with Crippen LogP contribution in [0.1, 0.15) is 38.5 Å². The third kappa shape index (κ3) is 2.30. The third-order valence-corrected chi connectivity index (χ3v) is 4.31. The topological polar surface area (TPSA) is 73.2 Å². The second-order valence-corrected chi connectivity index (χ2v) is 5.75. The number of hydrogen-bond donors (Lipinski definition) is 1. The van der Waals surface area contributed by atoms with Crippen LogP contribution >= 0.6 is 0 Å². The minimum atomic E-state index is -0.568. The minimum absolute atomic E-state index is 0.134. The Morgan fingerprint density at radius 3 is 2.85 bits per heavy atom. The van der Waals surface area contributed by atoms with Crippen LogP contribution in [0.5, 0.6) is 0 Å². The summed E-state index contributed by atoms with van der Waals surface area (Å²) in [5, 5.41) is 6.86. The molecule has 6 nitrogen and oxygen atoms in total. The highest BCUT2D eigenvalue weighted by atomic mass is 16.6. The number of esters is 1. The van der Waals surface area contributed by atoms with E-state index >= 15 is 0 Å². The average Bonchev–Trinajstić information content (AvgIpc) is 2.95. The van der Waals surface area contributed by atoms with E-state index in [1.807, 2.05) is 0 Å². The van der Waals surface area contributed by atoms with Crippen LogP contribution in [-0.4, -0.2) is 27.3 Å². The van der Waals surface area contributed by atoms with Gasteiger partial charge in [0.15, 0.2) is 0 Å². The van der Waals surface area contributed by atoms with Gasteiger partial charge in [-0.15, -0.1) is 0 Å². The van der Waals surface area contributed by atoms with Crippen LogP contribution in [0.15, 0.2) is 12.4 Å². The summed E-state index contributed by atoms with van der Waals surface area (Å²) in [4.78, 5) is 24.1. The number of nitrogens with zero attached hydrogens (tertiary/aromatic N) is 2. The molecular weight excluding hydrogens is 258 g/mol. The predicted molar refractivity (Wildman–Crippen MR) is 71.9 cm³/mol. The van der Waals surface area contributed by atoms with Gasteiger partial charge in [-0.3, -0.25) is 14.3 Å². The number of amides is 1. The monoisotopic (exact) mass is 277 g/mol. The Balaban J connectivity index is 1.76. The number of ether oxygens (including phenoxy) is 1. The Morgan fingerprint density at radius 2 is 2.20 bits per heavy atom. The first-order chi connectivity index (χ1) is 9.59. The van der Waals surface area contributed by atoms with E-state index < -0.39 is 5.60 Å². The maximum atomic E-state index is 12.5. The van der Waals surface area contributed by atoms with Crippen molar-refractivity contribution in [1.82, 2.24) is 9.78 Å². The Kier molecular flexibility index (Phi) is 3.23. The molecule has 1 spiro atoms. The van der Waals surface area contributed by atoms with Crippen LogP contribution in [0.4, 0.5) is 5.69 Å². The van der Waals surface area contributed by atoms with Crippen molar-refractivity contribution in [2.75, 3.05) is 5.32 Å². The van der Waals surface area contributed by atoms with Crippen molar-refractivity contribution in [2.24, 2.45) is 13.0 Å². The fourth-order valence-electron chi connectivity index (χ4n) is 3.34. The van der Waals surface area contributed by atoms with Gasteiger partial charge in [0.05, 0.1) is 24.2 Å². The fraction of sp³-hybridized carbons (Fsp3) is 0.643. The van der Waals surface area contributed by atoms with E-state index in [4.69, 9.17) is 4.74 Å². The quantitative estimate of drug-likeness (QED) is 0.834. The molecule has 2 heterocycles. The molecule has 6 heteroatoms. The van der Waals surface area contributed by atoms with Gasteiger partial charge < -0.3 is 10.1 Å². The zero-order chi connectivity index (χ0) is 14.2. The summed E-state index contributed by atoms with van der Waals surface area (Å²) >= 11 is 0. The Morgan fingerprint density at radius 1 is 1.45 bits per heavy atom. The lowest BCUT2D eigenvalue weighted by molar-refractivity contribution is -0.153. The standard InChI is InChI=1S/C14H19N3O3/c1-17-9-10(8-15-17)16-13(19)11-7-12(18)20-14(11)5-3-2-4-6-14/h8-9,11H,2-7H2,1H3,(H,16,19)/t11-/m1/s1. The molecular formula is C14H19N3O3. The van der Waals surface area contributed by atoms with Crippen molar-refractivity contribution in [2.45, 2.75) is 44.1 Å². The second kappa shape index (κ2) is 4.92. The van der Waals surface area contributed by atoms with E-state index in [0.29, 0.717) is 5.69 Å². The molecule has 1 saturated heterocycles. The maximum Gasteiger partial charge on any atom is 0.307 e. The Bertz CT molecular complexity index is 532. The number of carbonyl (C=O) groups is 2. The lowest BCUT2D eigenvalue weighted by atomic mass is 9.75. The summed E-state index contributed by atoms with van der Waals surface area (Å²) in [6, 6.07) is 0. The molecule has 1 aromatic heterocycles. The third-order valence-electron chi connectivity index (χ3n) is 4.31. The number of aryl methyl sites for hydroxylation is 1. The highest BCUT2D eigenvalue weighted by Gasteiger charge is 2.52. The molecule has 1 aliphatic carbocycles. The molecule has 1 saturated carbocycles. The van der Waals surface area contributed by atoms with Crippen molar-refractivity contribution >= 4 is 17.6 Å². The van der Waals surface area contributed by atoms with Crippen molar-refractivity contribution in [1.29, 1.82) is 0 Å². The van der Waals surface area contributed by atoms with Crippen molar-refractivity contribution in [3.63, 3.8) is 0 Å². The predicted octanol–water partition coefficient (Wildman–Crippen LogP) is 1.62. The summed E-state index contributed by atoms with van der Waals surface area (Å²) in [7, 11) is 1.79. The van der Waals surface area contributed by atoms with Gasteiger partial charge in [0.1, 0.15) is 5.60 Å². The molecule has 2 aliphatic rings. The van der Waals surface area contributed by atoms with Gasteiger partial charge in [-0.2, -0.15) is 5.10 Å². The van der Waals surface area contributed by atoms with Crippen LogP contribution < -0.4 is 5.32 Å². The van der Waals surface area contributed by atoms with Crippen molar-refractivity contribution in [3.8, 4) is 0 Å². The van der Waals surface area contributed by atoms with Crippen LogP contribution in [0.3, 0.4) is 0 Å². The summed E-state index contributed by atoms with van der Waals surface area (Å²) < 4.78 is 7.17. The maximum absolute atomic E-state index is 12.5. The number of nitrogens with one attached hydrogen (secondary N) is 1. The lowest BCUT2D eigenvalue weighted by Crippen LogP contribution is -2.43. The number of carbonyl (C=O) groups excluding carboxylic acids is 2. The SMILES string of the molecule is Cn1cc(NC(=O)[C@H]2CC(=O)OC23CCCCC3)cn1. The molecule has 1 amide bonds. The number of hydrogen-bond acceptors (Lipinski definition) is 4. The molecule has 1 aromatic rings. The molecule has 20 heavy (non-hydrogen) atoms. The highest BCUT2D eigenvalue weighted by Crippen LogP contribution is 2.44. The van der Waals surface area contributed by atoms with Gasteiger partial charge in [-0.05, 0) is 25.7 Å². The van der Waals surface area contributed by atoms with E-state index in [1.165, 1.54) is 0 Å². The van der Waals surface area contributed by atoms with Crippen molar-refractivity contribution < 1.29 is 14.3 Å². The smallest absolute Gasteiger partial charge is 0.307 e. The molecule has 108 valence electrons. The first-order valence-electron chi connectivity index (χ1n) is 7.10. The Hall–Kier alpha value is -1.85. The van der Waals surface area contributed by atoms with Gasteiger partial charge in [0, 0.05) is 13.2 Å². The molecule has 0 aromatic carbocycles. The molecule has 1 N–H and O–H groups in total. The van der Waals surface area contributed by atoms with Crippen LogP contribution in [0, 0.1) is 5.92 Å². The second-order valence-electron chi connectivity index (χ2n) is 5.75. The summed E-state index contributed by atoms with van der Waals surface area (Å²) in [6.07, 6.45) is 8.30. The average molecular weight is 277 g/mol. The number of anilines is 1. The van der Waals surface area contributed by atoms with Crippen LogP contribution in [-0.2, 0) is 21.4 Å². The fourth-order valence-corrected chi connectivity index (χ4v) is 3.34. The molecule has 0 unspecified atom stereocenters. The Labute approximate surface area is 117 Å². The molecule has 2 fully saturated rings. The van der Waals surface area contributed by atoms with Gasteiger partial charge in [0.2, 0.25) is 5.91 Å². The van der Waals surface area contributed by atoms with Gasteiger partial charge in [0.25, 0.3) is 0 Å². The largest absolute Gasteiger partial charge is 0.458 e. The highest BCUT2D eigenvalue weighted by molar-refractivity contribution is 5.96. The summed E-state index contributed by atoms with van der Waals surface area (Å²) in [5.74, 6) is -0.764. The molecule has 0 bridgehead atoms. The molecule has 1 aliphatic heterocycles. The first kappa shape index (κ1) is 13.1. The lowest BCUT2D eigenvalue weighted by Gasteiger charge is -2.35. The zero-order valence-corrected chi connectivity index (χ0v) is 11.6. The van der Waals surface area contributed by atoms with E-state index in [-0.39, 0.29) is 24.2 Å². The summed E-state index contributed by atoms with van der Waals surface area (Å²) in [5.41, 5.74) is 0.0875. The van der Waals surface area contributed by atoms with Gasteiger partial charge in [-0.25, -0.2) is 0 Å². The van der Waals surface area contributed by atoms with E-state index in [9.17, 15) is 9.59 Å². The summed E-state index contributed by atoms with van der Waals surface area (Å²) in [6.45, 7) is 0. The normalized spacial score (nSPS) is 24.6. The van der Waals surface area contributed by atoms with E-state index in [0.717, 1.165) is 32.1 Å². The van der Waals surface area contributed by atoms with Crippen LogP contribution in [0.25, 0.3) is 0 Å². The molecule has 1 atom stereocenters. The van der Waals surface area contributed by atoms with Crippen molar-refractivity contribution in [3.05, 3.63) is 12.4 Å². The number of aromatic nitrogens is 2. The van der Waals surface area contributed by atoms with E-state index in [2.05, 4.69) is 10.4 Å². The first-order valence-corrected chi connectivity index (χ1v) is 7.10. The van der Waals surface area contributed by atoms with Crippen LogP contribution in [0.2, 0.25) is 0 Å². The van der Waals surface area contributed by atoms with E-state index in [1.54, 1.807) is 24.1 Å². The molecule has 0 radical (unpaired) electrons. The van der Waals surface area contributed by atoms with Gasteiger partial charge in [-0.1, -0.05) is 6.42 Å². The number of rotatable bonds is 2. The van der Waals surface area contributed by atoms with Gasteiger partial charge >= 0.3 is 5.97 Å².